The van der Waals surface area contributed by atoms with Gasteiger partial charge in [0.1, 0.15) is 18.5 Å². The van der Waals surface area contributed by atoms with Crippen molar-refractivity contribution in [3.05, 3.63) is 29.8 Å². The molecule has 1 aromatic carbocycles. The average Bonchev–Trinajstić information content (AvgIpc) is 2.46. The first-order chi connectivity index (χ1) is 9.93. The number of aliphatic hydroxyl groups is 2. The second-order valence-electron chi connectivity index (χ2n) is 5.01. The Labute approximate surface area is 124 Å². The molecule has 0 heterocycles. The molecule has 0 radical (unpaired) electrons. The van der Waals surface area contributed by atoms with Gasteiger partial charge in [0.25, 0.3) is 0 Å². The number of nitrogens with zero attached hydrogens (tertiary/aromatic N) is 1. The van der Waals surface area contributed by atoms with Crippen LogP contribution in [-0.4, -0.2) is 61.5 Å². The van der Waals surface area contributed by atoms with Crippen LogP contribution in [0.15, 0.2) is 24.3 Å². The highest BCUT2D eigenvalue weighted by Gasteiger charge is 2.21. The van der Waals surface area contributed by atoms with Crippen LogP contribution in [0.3, 0.4) is 0 Å². The largest absolute Gasteiger partial charge is 0.492 e. The number of aliphatic hydroxyl groups excluding tert-OH is 2. The number of esters is 1. The minimum absolute atomic E-state index is 0.251. The number of hydrogen-bond donors (Lipinski definition) is 2. The Morgan fingerprint density at radius 3 is 2.38 bits per heavy atom. The van der Waals surface area contributed by atoms with Gasteiger partial charge in [0.2, 0.25) is 0 Å². The number of ether oxygens (including phenoxy) is 2. The summed E-state index contributed by atoms with van der Waals surface area (Å²) in [4.78, 5) is 13.1. The fourth-order valence-corrected chi connectivity index (χ4v) is 1.70. The summed E-state index contributed by atoms with van der Waals surface area (Å²) in [6, 6.07) is 6.77. The molecule has 0 fully saturated rings. The predicted molar refractivity (Wildman–Crippen MR) is 78.1 cm³/mol. The first kappa shape index (κ1) is 17.4. The maximum Gasteiger partial charge on any atom is 0.308 e. The lowest BCUT2D eigenvalue weighted by atomic mass is 10.0. The molecule has 1 aromatic rings. The van der Waals surface area contributed by atoms with E-state index in [4.69, 9.17) is 4.74 Å². The van der Waals surface area contributed by atoms with Crippen LogP contribution < -0.4 is 4.74 Å². The van der Waals surface area contributed by atoms with Gasteiger partial charge in [0.15, 0.2) is 0 Å². The summed E-state index contributed by atoms with van der Waals surface area (Å²) in [5.74, 6) is 0.125. The SMILES string of the molecule is COC(=O)CC(O)C(O)c1ccc(OCCN(C)C)cc1. The van der Waals surface area contributed by atoms with Crippen molar-refractivity contribution in [2.24, 2.45) is 0 Å². The summed E-state index contributed by atoms with van der Waals surface area (Å²) in [6.45, 7) is 1.38. The van der Waals surface area contributed by atoms with Crippen molar-refractivity contribution in [2.75, 3.05) is 34.4 Å². The van der Waals surface area contributed by atoms with Gasteiger partial charge < -0.3 is 24.6 Å². The highest BCUT2D eigenvalue weighted by molar-refractivity contribution is 5.69. The summed E-state index contributed by atoms with van der Waals surface area (Å²) in [5.41, 5.74) is 0.520. The van der Waals surface area contributed by atoms with Crippen molar-refractivity contribution in [1.82, 2.24) is 4.90 Å². The standard InChI is InChI=1S/C15H23NO5/c1-16(2)8-9-21-12-6-4-11(5-7-12)15(19)13(17)10-14(18)20-3/h4-7,13,15,17,19H,8-10H2,1-3H3. The van der Waals surface area contributed by atoms with Crippen molar-refractivity contribution in [2.45, 2.75) is 18.6 Å². The van der Waals surface area contributed by atoms with Crippen LogP contribution in [0.4, 0.5) is 0 Å². The average molecular weight is 297 g/mol. The number of rotatable bonds is 8. The van der Waals surface area contributed by atoms with Gasteiger partial charge >= 0.3 is 5.97 Å². The Balaban J connectivity index is 2.54. The molecule has 0 aliphatic carbocycles. The summed E-state index contributed by atoms with van der Waals surface area (Å²) in [5, 5.41) is 19.7. The summed E-state index contributed by atoms with van der Waals surface area (Å²) >= 11 is 0. The fourth-order valence-electron chi connectivity index (χ4n) is 1.70. The van der Waals surface area contributed by atoms with Crippen LogP contribution in [0.1, 0.15) is 18.1 Å². The van der Waals surface area contributed by atoms with E-state index in [0.29, 0.717) is 17.9 Å². The number of likely N-dealkylation sites (N-methyl/N-ethyl adjacent to an activating group) is 1. The van der Waals surface area contributed by atoms with Gasteiger partial charge in [0, 0.05) is 6.54 Å². The Morgan fingerprint density at radius 2 is 1.86 bits per heavy atom. The summed E-state index contributed by atoms with van der Waals surface area (Å²) in [6.07, 6.45) is -2.59. The van der Waals surface area contributed by atoms with Gasteiger partial charge in [-0.25, -0.2) is 0 Å². The molecule has 118 valence electrons. The van der Waals surface area contributed by atoms with Crippen LogP contribution in [0.2, 0.25) is 0 Å². The Kier molecular flexibility index (Phi) is 7.14. The van der Waals surface area contributed by atoms with E-state index >= 15 is 0 Å². The molecular formula is C15H23NO5. The first-order valence-electron chi connectivity index (χ1n) is 6.74. The molecule has 0 saturated carbocycles. The zero-order valence-electron chi connectivity index (χ0n) is 12.7. The van der Waals surface area contributed by atoms with Gasteiger partial charge in [-0.05, 0) is 31.8 Å². The van der Waals surface area contributed by atoms with Crippen LogP contribution in [0.5, 0.6) is 5.75 Å². The Hall–Kier alpha value is -1.63. The second-order valence-corrected chi connectivity index (χ2v) is 5.01. The highest BCUT2D eigenvalue weighted by atomic mass is 16.5. The minimum atomic E-state index is -1.20. The predicted octanol–water partition coefficient (Wildman–Crippen LogP) is 0.584. The van der Waals surface area contributed by atoms with Gasteiger partial charge in [-0.3, -0.25) is 4.79 Å². The van der Waals surface area contributed by atoms with E-state index in [1.54, 1.807) is 24.3 Å². The molecule has 0 spiro atoms. The lowest BCUT2D eigenvalue weighted by Gasteiger charge is -2.17. The van der Waals surface area contributed by atoms with Gasteiger partial charge in [-0.15, -0.1) is 0 Å². The van der Waals surface area contributed by atoms with E-state index in [2.05, 4.69) is 4.74 Å². The van der Waals surface area contributed by atoms with Crippen LogP contribution >= 0.6 is 0 Å². The lowest BCUT2D eigenvalue weighted by Crippen LogP contribution is -2.22. The minimum Gasteiger partial charge on any atom is -0.492 e. The molecule has 0 aromatic heterocycles. The molecule has 0 aliphatic heterocycles. The van der Waals surface area contributed by atoms with Crippen molar-refractivity contribution < 1.29 is 24.5 Å². The molecule has 2 atom stereocenters. The van der Waals surface area contributed by atoms with Gasteiger partial charge in [-0.2, -0.15) is 0 Å². The van der Waals surface area contributed by atoms with E-state index in [0.717, 1.165) is 6.54 Å². The smallest absolute Gasteiger partial charge is 0.308 e. The molecule has 21 heavy (non-hydrogen) atoms. The van der Waals surface area contributed by atoms with E-state index < -0.39 is 18.2 Å². The number of methoxy groups -OCH3 is 1. The monoisotopic (exact) mass is 297 g/mol. The highest BCUT2D eigenvalue weighted by Crippen LogP contribution is 2.22. The molecule has 0 aliphatic rings. The summed E-state index contributed by atoms with van der Waals surface area (Å²) in [7, 11) is 5.17. The van der Waals surface area contributed by atoms with Crippen molar-refractivity contribution in [3.63, 3.8) is 0 Å². The van der Waals surface area contributed by atoms with Gasteiger partial charge in [-0.1, -0.05) is 12.1 Å². The molecule has 0 bridgehead atoms. The fraction of sp³-hybridized carbons (Fsp3) is 0.533. The molecule has 2 N–H and O–H groups in total. The van der Waals surface area contributed by atoms with E-state index in [9.17, 15) is 15.0 Å². The van der Waals surface area contributed by atoms with E-state index in [-0.39, 0.29) is 6.42 Å². The Bertz CT molecular complexity index is 432. The second kappa shape index (κ2) is 8.61. The van der Waals surface area contributed by atoms with E-state index in [1.807, 2.05) is 19.0 Å². The number of hydrogen-bond acceptors (Lipinski definition) is 6. The van der Waals surface area contributed by atoms with Gasteiger partial charge in [0.05, 0.1) is 19.6 Å². The molecular weight excluding hydrogens is 274 g/mol. The lowest BCUT2D eigenvalue weighted by molar-refractivity contribution is -0.144. The molecule has 1 rings (SSSR count). The molecule has 6 heteroatoms. The Morgan fingerprint density at radius 1 is 1.24 bits per heavy atom. The van der Waals surface area contributed by atoms with Crippen LogP contribution in [0.25, 0.3) is 0 Å². The van der Waals surface area contributed by atoms with Crippen molar-refractivity contribution in [1.29, 1.82) is 0 Å². The number of carbonyl (C=O) groups is 1. The first-order valence-corrected chi connectivity index (χ1v) is 6.74. The third kappa shape index (κ3) is 6.12. The zero-order chi connectivity index (χ0) is 15.8. The van der Waals surface area contributed by atoms with Crippen molar-refractivity contribution >= 4 is 5.97 Å². The topological polar surface area (TPSA) is 79.2 Å². The molecule has 0 amide bonds. The number of benzene rings is 1. The number of carbonyl (C=O) groups excluding carboxylic acids is 1. The third-order valence-electron chi connectivity index (χ3n) is 3.00. The molecule has 0 saturated heterocycles. The van der Waals surface area contributed by atoms with E-state index in [1.165, 1.54) is 7.11 Å². The van der Waals surface area contributed by atoms with Crippen molar-refractivity contribution in [3.8, 4) is 5.75 Å². The third-order valence-corrected chi connectivity index (χ3v) is 3.00. The normalized spacial score (nSPS) is 13.8. The molecule has 6 nitrogen and oxygen atoms in total. The maximum absolute atomic E-state index is 11.1. The molecule has 2 unspecified atom stereocenters. The maximum atomic E-state index is 11.1. The van der Waals surface area contributed by atoms with Crippen LogP contribution in [-0.2, 0) is 9.53 Å². The summed E-state index contributed by atoms with van der Waals surface area (Å²) < 4.78 is 9.99. The quantitative estimate of drug-likeness (QED) is 0.684. The van der Waals surface area contributed by atoms with Crippen LogP contribution in [0, 0.1) is 0 Å². The zero-order valence-corrected chi connectivity index (χ0v) is 12.7.